The smallest absolute Gasteiger partial charge is 0.107 e. The zero-order valence-corrected chi connectivity index (χ0v) is 23.9. The fourth-order valence-corrected chi connectivity index (χ4v) is 2.59. The quantitative estimate of drug-likeness (QED) is 0.0798. The number of terminal acetylenes is 1. The summed E-state index contributed by atoms with van der Waals surface area (Å²) in [4.78, 5) is 0. The van der Waals surface area contributed by atoms with Crippen molar-refractivity contribution in [2.24, 2.45) is 0 Å². The van der Waals surface area contributed by atoms with Gasteiger partial charge in [-0.05, 0) is 6.92 Å². The molecule has 0 saturated heterocycles. The van der Waals surface area contributed by atoms with Crippen LogP contribution >= 0.6 is 0 Å². The fraction of sp³-hybridized carbons (Fsp3) is 0.926. The van der Waals surface area contributed by atoms with Crippen molar-refractivity contribution in [3.05, 3.63) is 0 Å². The molecule has 0 fully saturated rings. The lowest BCUT2D eigenvalue weighted by molar-refractivity contribution is -0.0280. The van der Waals surface area contributed by atoms with Gasteiger partial charge in [0.25, 0.3) is 0 Å². The summed E-state index contributed by atoms with van der Waals surface area (Å²) in [6.07, 6.45) is 5.07. The predicted octanol–water partition coefficient (Wildman–Crippen LogP) is 0.839. The zero-order valence-electron chi connectivity index (χ0n) is 23.9. The maximum atomic E-state index is 5.46. The van der Waals surface area contributed by atoms with Crippen molar-refractivity contribution < 1.29 is 56.8 Å². The molecule has 0 radical (unpaired) electrons. The van der Waals surface area contributed by atoms with Crippen molar-refractivity contribution in [3.8, 4) is 12.3 Å². The second kappa shape index (κ2) is 37.1. The Kier molecular flexibility index (Phi) is 36.2. The van der Waals surface area contributed by atoms with Crippen molar-refractivity contribution in [3.63, 3.8) is 0 Å². The Balaban J connectivity index is 3.02. The highest BCUT2D eigenvalue weighted by Gasteiger charge is 1.96. The number of ether oxygens (including phenoxy) is 12. The molecule has 0 saturated carbocycles. The van der Waals surface area contributed by atoms with Gasteiger partial charge in [0.05, 0.1) is 145 Å². The molecule has 0 spiro atoms. The Hall–Kier alpha value is -0.920. The molecule has 232 valence electrons. The van der Waals surface area contributed by atoms with Crippen LogP contribution in [0.1, 0.15) is 6.92 Å². The molecule has 12 heteroatoms. The van der Waals surface area contributed by atoms with Gasteiger partial charge in [0.1, 0.15) is 6.61 Å². The van der Waals surface area contributed by atoms with Crippen LogP contribution in [0.2, 0.25) is 0 Å². The molecule has 0 aromatic heterocycles. The van der Waals surface area contributed by atoms with Crippen LogP contribution in [0.4, 0.5) is 0 Å². The summed E-state index contributed by atoms with van der Waals surface area (Å²) in [5.41, 5.74) is 0. The highest BCUT2D eigenvalue weighted by molar-refractivity contribution is 4.82. The maximum absolute atomic E-state index is 5.46. The van der Waals surface area contributed by atoms with Gasteiger partial charge in [0.2, 0.25) is 0 Å². The Labute approximate surface area is 235 Å². The van der Waals surface area contributed by atoms with Gasteiger partial charge in [-0.1, -0.05) is 5.92 Å². The van der Waals surface area contributed by atoms with E-state index >= 15 is 0 Å². The molecule has 0 N–H and O–H groups in total. The SMILES string of the molecule is C#CCOCCOCCOCCOCCOCCOCCOCCOCCOCCOCCOCCOCC. The molecule has 0 aliphatic heterocycles. The highest BCUT2D eigenvalue weighted by Crippen LogP contribution is 1.87. The first-order valence-corrected chi connectivity index (χ1v) is 13.8. The van der Waals surface area contributed by atoms with Crippen molar-refractivity contribution in [1.29, 1.82) is 0 Å². The summed E-state index contributed by atoms with van der Waals surface area (Å²) >= 11 is 0. The van der Waals surface area contributed by atoms with E-state index in [4.69, 9.17) is 63.3 Å². The van der Waals surface area contributed by atoms with Gasteiger partial charge < -0.3 is 56.8 Å². The van der Waals surface area contributed by atoms with Gasteiger partial charge in [0.15, 0.2) is 0 Å². The van der Waals surface area contributed by atoms with Crippen molar-refractivity contribution >= 4 is 0 Å². The van der Waals surface area contributed by atoms with Gasteiger partial charge in [0, 0.05) is 6.61 Å². The molecule has 39 heavy (non-hydrogen) atoms. The third-order valence-electron chi connectivity index (χ3n) is 4.48. The first-order chi connectivity index (χ1) is 19.4. The van der Waals surface area contributed by atoms with Crippen LogP contribution in [0.25, 0.3) is 0 Å². The normalized spacial score (nSPS) is 11.3. The van der Waals surface area contributed by atoms with E-state index in [-0.39, 0.29) is 0 Å². The van der Waals surface area contributed by atoms with Crippen molar-refractivity contribution in [2.45, 2.75) is 6.92 Å². The minimum Gasteiger partial charge on any atom is -0.379 e. The minimum atomic E-state index is 0.309. The van der Waals surface area contributed by atoms with Crippen LogP contribution in [0.5, 0.6) is 0 Å². The molecule has 0 rings (SSSR count). The van der Waals surface area contributed by atoms with Gasteiger partial charge in [-0.25, -0.2) is 0 Å². The molecule has 0 aromatic rings. The summed E-state index contributed by atoms with van der Waals surface area (Å²) in [5, 5.41) is 0. The summed E-state index contributed by atoms with van der Waals surface area (Å²) in [5.74, 6) is 2.40. The molecular weight excluding hydrogens is 516 g/mol. The molecule has 0 heterocycles. The van der Waals surface area contributed by atoms with Gasteiger partial charge in [-0.3, -0.25) is 0 Å². The predicted molar refractivity (Wildman–Crippen MR) is 144 cm³/mol. The standard InChI is InChI=1S/C27H52O12/c1-3-5-29-8-9-31-12-13-33-16-17-35-20-21-37-24-25-39-27-26-38-23-22-36-19-18-34-15-14-32-11-10-30-7-6-28-4-2/h1H,4-27H2,2H3. The molecule has 0 bridgehead atoms. The van der Waals surface area contributed by atoms with Crippen LogP contribution in [0.3, 0.4) is 0 Å². The van der Waals surface area contributed by atoms with E-state index < -0.39 is 0 Å². The maximum Gasteiger partial charge on any atom is 0.107 e. The van der Waals surface area contributed by atoms with Gasteiger partial charge >= 0.3 is 0 Å². The zero-order chi connectivity index (χ0) is 28.2. The summed E-state index contributed by atoms with van der Waals surface area (Å²) in [6.45, 7) is 14.6. The molecule has 0 aliphatic carbocycles. The molecule has 0 aliphatic rings. The largest absolute Gasteiger partial charge is 0.379 e. The van der Waals surface area contributed by atoms with Crippen LogP contribution in [-0.2, 0) is 56.8 Å². The van der Waals surface area contributed by atoms with Crippen LogP contribution in [0.15, 0.2) is 0 Å². The lowest BCUT2D eigenvalue weighted by Crippen LogP contribution is -2.15. The molecule has 12 nitrogen and oxygen atoms in total. The van der Waals surface area contributed by atoms with Crippen LogP contribution in [0, 0.1) is 12.3 Å². The van der Waals surface area contributed by atoms with Crippen LogP contribution < -0.4 is 0 Å². The number of hydrogen-bond donors (Lipinski definition) is 0. The first kappa shape index (κ1) is 38.1. The second-order valence-electron chi connectivity index (χ2n) is 7.58. The molecule has 0 amide bonds. The van der Waals surface area contributed by atoms with E-state index in [0.717, 1.165) is 0 Å². The second-order valence-corrected chi connectivity index (χ2v) is 7.58. The van der Waals surface area contributed by atoms with Gasteiger partial charge in [-0.2, -0.15) is 0 Å². The van der Waals surface area contributed by atoms with Gasteiger partial charge in [-0.15, -0.1) is 6.42 Å². The monoisotopic (exact) mass is 568 g/mol. The lowest BCUT2D eigenvalue weighted by Gasteiger charge is -2.09. The Bertz CT molecular complexity index is 478. The van der Waals surface area contributed by atoms with E-state index in [1.807, 2.05) is 6.92 Å². The molecule has 0 atom stereocenters. The third-order valence-corrected chi connectivity index (χ3v) is 4.48. The van der Waals surface area contributed by atoms with Crippen LogP contribution in [-0.4, -0.2) is 159 Å². The van der Waals surface area contributed by atoms with E-state index in [9.17, 15) is 0 Å². The first-order valence-electron chi connectivity index (χ1n) is 13.8. The average Bonchev–Trinajstić information content (AvgIpc) is 2.95. The summed E-state index contributed by atoms with van der Waals surface area (Å²) in [6, 6.07) is 0. The van der Waals surface area contributed by atoms with E-state index in [1.165, 1.54) is 0 Å². The molecule has 0 aromatic carbocycles. The fourth-order valence-electron chi connectivity index (χ4n) is 2.59. The van der Waals surface area contributed by atoms with Crippen molar-refractivity contribution in [1.82, 2.24) is 0 Å². The lowest BCUT2D eigenvalue weighted by atomic mass is 10.6. The highest BCUT2D eigenvalue weighted by atomic mass is 16.6. The van der Waals surface area contributed by atoms with Crippen molar-refractivity contribution in [2.75, 3.05) is 159 Å². The van der Waals surface area contributed by atoms with E-state index in [1.54, 1.807) is 0 Å². The molecular formula is C27H52O12. The van der Waals surface area contributed by atoms with E-state index in [2.05, 4.69) is 5.92 Å². The molecule has 0 unspecified atom stereocenters. The number of rotatable bonds is 35. The Morgan fingerprint density at radius 2 is 0.487 bits per heavy atom. The topological polar surface area (TPSA) is 111 Å². The third kappa shape index (κ3) is 37.1. The summed E-state index contributed by atoms with van der Waals surface area (Å²) in [7, 11) is 0. The van der Waals surface area contributed by atoms with E-state index in [0.29, 0.717) is 159 Å². The minimum absolute atomic E-state index is 0.309. The summed E-state index contributed by atoms with van der Waals surface area (Å²) < 4.78 is 64.4. The Morgan fingerprint density at radius 1 is 0.308 bits per heavy atom. The Morgan fingerprint density at radius 3 is 0.667 bits per heavy atom. The number of hydrogen-bond acceptors (Lipinski definition) is 12. The average molecular weight is 569 g/mol.